The first-order valence-electron chi connectivity index (χ1n) is 7.88. The van der Waals surface area contributed by atoms with E-state index in [1.807, 2.05) is 45.2 Å². The van der Waals surface area contributed by atoms with Crippen LogP contribution in [0.1, 0.15) is 12.5 Å². The second kappa shape index (κ2) is 8.41. The lowest BCUT2D eigenvalue weighted by Gasteiger charge is -2.43. The predicted octanol–water partition coefficient (Wildman–Crippen LogP) is 4.62. The normalized spacial score (nSPS) is 24.6. The first-order chi connectivity index (χ1) is 12.8. The SMILES string of the molecule is CC1=NN(c2ccc(C(F)(F)F)cc2)C(O)C1(C(CI)CI)C(O)C(F)(F)F. The summed E-state index contributed by atoms with van der Waals surface area (Å²) in [6.07, 6.45) is -14.4. The Bertz CT molecular complexity index is 721. The summed E-state index contributed by atoms with van der Waals surface area (Å²) < 4.78 is 79.0. The van der Waals surface area contributed by atoms with Gasteiger partial charge >= 0.3 is 12.4 Å². The third-order valence-corrected chi connectivity index (χ3v) is 6.94. The van der Waals surface area contributed by atoms with E-state index in [-0.39, 0.29) is 20.3 Å². The van der Waals surface area contributed by atoms with Crippen LogP contribution in [-0.2, 0) is 6.18 Å². The number of hydrazone groups is 1. The molecule has 3 unspecified atom stereocenters. The highest BCUT2D eigenvalue weighted by molar-refractivity contribution is 14.1. The lowest BCUT2D eigenvalue weighted by Crippen LogP contribution is -2.61. The van der Waals surface area contributed by atoms with Crippen molar-refractivity contribution in [2.45, 2.75) is 31.6 Å². The standard InChI is InChI=1S/C16H16F6I2N2O2/c1-8-14(10(6-23)7-24,12(27)16(20,21)22)13(28)26(25-8)11-4-2-9(3-5-11)15(17,18)19/h2-5,10,12-13,27-28H,6-7H2,1H3. The van der Waals surface area contributed by atoms with E-state index in [0.717, 1.165) is 29.3 Å². The molecule has 1 aromatic rings. The lowest BCUT2D eigenvalue weighted by molar-refractivity contribution is -0.244. The largest absolute Gasteiger partial charge is 0.416 e. The number of aliphatic hydroxyl groups is 2. The van der Waals surface area contributed by atoms with Crippen LogP contribution in [0.15, 0.2) is 29.4 Å². The topological polar surface area (TPSA) is 56.1 Å². The molecule has 0 aromatic heterocycles. The van der Waals surface area contributed by atoms with Crippen molar-refractivity contribution in [3.8, 4) is 0 Å². The van der Waals surface area contributed by atoms with Crippen molar-refractivity contribution in [3.63, 3.8) is 0 Å². The molecule has 1 aromatic carbocycles. The van der Waals surface area contributed by atoms with Gasteiger partial charge in [0.15, 0.2) is 12.3 Å². The zero-order chi connectivity index (χ0) is 21.5. The van der Waals surface area contributed by atoms with E-state index >= 15 is 0 Å². The minimum absolute atomic E-state index is 0.0169. The monoisotopic (exact) mass is 636 g/mol. The Hall–Kier alpha value is -0.350. The molecule has 2 rings (SSSR count). The van der Waals surface area contributed by atoms with Crippen LogP contribution in [0.3, 0.4) is 0 Å². The number of benzene rings is 1. The van der Waals surface area contributed by atoms with E-state index in [9.17, 15) is 36.6 Å². The van der Waals surface area contributed by atoms with Gasteiger partial charge in [0.25, 0.3) is 0 Å². The van der Waals surface area contributed by atoms with Gasteiger partial charge in [-0.3, -0.25) is 0 Å². The summed E-state index contributed by atoms with van der Waals surface area (Å²) in [7, 11) is 0. The third-order valence-electron chi connectivity index (χ3n) is 4.81. The minimum atomic E-state index is -5.02. The van der Waals surface area contributed by atoms with Gasteiger partial charge in [-0.05, 0) is 37.1 Å². The molecule has 4 nitrogen and oxygen atoms in total. The molecule has 1 aliphatic rings. The maximum atomic E-state index is 13.5. The first-order valence-corrected chi connectivity index (χ1v) is 10.9. The fourth-order valence-electron chi connectivity index (χ4n) is 3.33. The van der Waals surface area contributed by atoms with Crippen molar-refractivity contribution in [3.05, 3.63) is 29.8 Å². The smallest absolute Gasteiger partial charge is 0.383 e. The van der Waals surface area contributed by atoms with Crippen LogP contribution >= 0.6 is 45.2 Å². The van der Waals surface area contributed by atoms with Crippen LogP contribution in [0.25, 0.3) is 0 Å². The molecular weight excluding hydrogens is 620 g/mol. The molecule has 1 aliphatic heterocycles. The van der Waals surface area contributed by atoms with Gasteiger partial charge in [0.1, 0.15) is 0 Å². The van der Waals surface area contributed by atoms with Crippen molar-refractivity contribution >= 4 is 56.6 Å². The van der Waals surface area contributed by atoms with E-state index in [4.69, 9.17) is 0 Å². The van der Waals surface area contributed by atoms with Gasteiger partial charge in [-0.15, -0.1) is 0 Å². The summed E-state index contributed by atoms with van der Waals surface area (Å²) in [6, 6.07) is 3.53. The number of anilines is 1. The van der Waals surface area contributed by atoms with E-state index < -0.39 is 41.6 Å². The average molecular weight is 636 g/mol. The highest BCUT2D eigenvalue weighted by Crippen LogP contribution is 2.50. The van der Waals surface area contributed by atoms with Crippen molar-refractivity contribution in [1.29, 1.82) is 0 Å². The maximum Gasteiger partial charge on any atom is 0.416 e. The van der Waals surface area contributed by atoms with Crippen LogP contribution in [0.4, 0.5) is 32.0 Å². The predicted molar refractivity (Wildman–Crippen MR) is 109 cm³/mol. The number of alkyl halides is 8. The van der Waals surface area contributed by atoms with Crippen molar-refractivity contribution in [2.24, 2.45) is 16.4 Å². The summed E-state index contributed by atoms with van der Waals surface area (Å²) >= 11 is 3.75. The molecule has 1 heterocycles. The second-order valence-corrected chi connectivity index (χ2v) is 8.09. The van der Waals surface area contributed by atoms with E-state index in [1.54, 1.807) is 0 Å². The zero-order valence-corrected chi connectivity index (χ0v) is 18.6. The van der Waals surface area contributed by atoms with Crippen molar-refractivity contribution < 1.29 is 36.6 Å². The zero-order valence-electron chi connectivity index (χ0n) is 14.3. The quantitative estimate of drug-likeness (QED) is 0.282. The molecule has 12 heteroatoms. The molecule has 28 heavy (non-hydrogen) atoms. The Kier molecular flexibility index (Phi) is 7.19. The molecule has 0 bridgehead atoms. The Labute approximate surface area is 184 Å². The number of hydrogen-bond acceptors (Lipinski definition) is 4. The Morgan fingerprint density at radius 1 is 1.11 bits per heavy atom. The maximum absolute atomic E-state index is 13.5. The Balaban J connectivity index is 2.53. The Morgan fingerprint density at radius 2 is 1.61 bits per heavy atom. The fourth-order valence-corrected chi connectivity index (χ4v) is 6.60. The molecular formula is C16H16F6I2N2O2. The van der Waals surface area contributed by atoms with Crippen molar-refractivity contribution in [1.82, 2.24) is 0 Å². The third kappa shape index (κ3) is 4.10. The van der Waals surface area contributed by atoms with Gasteiger partial charge in [-0.1, -0.05) is 45.2 Å². The van der Waals surface area contributed by atoms with Gasteiger partial charge in [0.2, 0.25) is 0 Å². The number of rotatable bonds is 5. The number of halogens is 8. The Morgan fingerprint density at radius 3 is 2.00 bits per heavy atom. The van der Waals surface area contributed by atoms with Crippen LogP contribution < -0.4 is 5.01 Å². The average Bonchev–Trinajstić information content (AvgIpc) is 2.86. The van der Waals surface area contributed by atoms with Gasteiger partial charge in [-0.25, -0.2) is 5.01 Å². The molecule has 0 spiro atoms. The van der Waals surface area contributed by atoms with Gasteiger partial charge in [0.05, 0.1) is 16.7 Å². The van der Waals surface area contributed by atoms with Crippen LogP contribution in [0.5, 0.6) is 0 Å². The summed E-state index contributed by atoms with van der Waals surface area (Å²) in [5.74, 6) is -0.788. The number of aliphatic hydroxyl groups excluding tert-OH is 2. The molecule has 0 radical (unpaired) electrons. The van der Waals surface area contributed by atoms with Gasteiger partial charge < -0.3 is 10.2 Å². The first kappa shape index (κ1) is 23.9. The molecule has 0 aliphatic carbocycles. The van der Waals surface area contributed by atoms with E-state index in [1.165, 1.54) is 6.92 Å². The summed E-state index contributed by atoms with van der Waals surface area (Å²) in [5.41, 5.74) is -3.24. The number of nitrogens with zero attached hydrogens (tertiary/aromatic N) is 2. The van der Waals surface area contributed by atoms with Gasteiger partial charge in [-0.2, -0.15) is 31.4 Å². The molecule has 0 fully saturated rings. The van der Waals surface area contributed by atoms with Crippen molar-refractivity contribution in [2.75, 3.05) is 13.9 Å². The highest BCUT2D eigenvalue weighted by atomic mass is 127. The van der Waals surface area contributed by atoms with Crippen LogP contribution in [-0.4, -0.2) is 43.3 Å². The summed E-state index contributed by atoms with van der Waals surface area (Å²) in [6.45, 7) is 1.27. The van der Waals surface area contributed by atoms with Crippen LogP contribution in [0.2, 0.25) is 0 Å². The summed E-state index contributed by atoms with van der Waals surface area (Å²) in [5, 5.41) is 25.8. The molecule has 158 valence electrons. The lowest BCUT2D eigenvalue weighted by atomic mass is 9.68. The second-order valence-electron chi connectivity index (χ2n) is 6.33. The highest BCUT2D eigenvalue weighted by Gasteiger charge is 2.65. The molecule has 0 saturated heterocycles. The van der Waals surface area contributed by atoms with E-state index in [2.05, 4.69) is 5.10 Å². The van der Waals surface area contributed by atoms with E-state index in [0.29, 0.717) is 0 Å². The minimum Gasteiger partial charge on any atom is -0.383 e. The number of hydrogen-bond donors (Lipinski definition) is 2. The van der Waals surface area contributed by atoms with Gasteiger partial charge in [0, 0.05) is 14.6 Å². The molecule has 2 N–H and O–H groups in total. The molecule has 3 atom stereocenters. The van der Waals surface area contributed by atoms with Crippen LogP contribution in [0, 0.1) is 11.3 Å². The molecule has 0 saturated carbocycles. The fraction of sp³-hybridized carbons (Fsp3) is 0.562. The summed E-state index contributed by atoms with van der Waals surface area (Å²) in [4.78, 5) is 0. The molecule has 0 amide bonds.